The van der Waals surface area contributed by atoms with Crippen LogP contribution in [0.4, 0.5) is 5.69 Å². The van der Waals surface area contributed by atoms with Crippen LogP contribution in [-0.2, 0) is 11.2 Å². The lowest BCUT2D eigenvalue weighted by Gasteiger charge is -2.07. The molecule has 3 aromatic carbocycles. The number of carbonyl (C=O) groups is 1. The predicted octanol–water partition coefficient (Wildman–Crippen LogP) is 4.24. The molecular formula is C20H17NO2. The molecule has 0 saturated heterocycles. The van der Waals surface area contributed by atoms with Crippen LogP contribution in [0.5, 0.6) is 5.75 Å². The number of phenols is 1. The maximum atomic E-state index is 12.0. The molecule has 0 aliphatic rings. The Morgan fingerprint density at radius 3 is 2.04 bits per heavy atom. The monoisotopic (exact) mass is 303 g/mol. The summed E-state index contributed by atoms with van der Waals surface area (Å²) in [5.41, 5.74) is 3.93. The minimum atomic E-state index is -0.0804. The molecule has 0 fully saturated rings. The normalized spacial score (nSPS) is 10.3. The zero-order valence-corrected chi connectivity index (χ0v) is 12.6. The second-order valence-corrected chi connectivity index (χ2v) is 5.33. The Hall–Kier alpha value is -3.07. The maximum absolute atomic E-state index is 12.0. The van der Waals surface area contributed by atoms with Crippen molar-refractivity contribution < 1.29 is 9.90 Å². The van der Waals surface area contributed by atoms with Crippen LogP contribution in [0.1, 0.15) is 5.56 Å². The number of nitrogens with one attached hydrogen (secondary N) is 1. The molecule has 3 rings (SSSR count). The van der Waals surface area contributed by atoms with E-state index in [-0.39, 0.29) is 11.7 Å². The Labute approximate surface area is 135 Å². The molecule has 0 aromatic heterocycles. The molecule has 0 unspecified atom stereocenters. The predicted molar refractivity (Wildman–Crippen MR) is 92.3 cm³/mol. The van der Waals surface area contributed by atoms with Gasteiger partial charge in [-0.2, -0.15) is 0 Å². The summed E-state index contributed by atoms with van der Waals surface area (Å²) in [4.78, 5) is 12.0. The van der Waals surface area contributed by atoms with E-state index in [9.17, 15) is 9.90 Å². The van der Waals surface area contributed by atoms with Crippen LogP contribution in [0.2, 0.25) is 0 Å². The molecule has 3 heteroatoms. The van der Waals surface area contributed by atoms with Crippen molar-refractivity contribution in [3.8, 4) is 16.9 Å². The number of phenolic OH excluding ortho intramolecular Hbond substituents is 1. The molecule has 0 spiro atoms. The zero-order valence-electron chi connectivity index (χ0n) is 12.6. The van der Waals surface area contributed by atoms with Gasteiger partial charge < -0.3 is 10.4 Å². The number of carbonyl (C=O) groups excluding carboxylic acids is 1. The first-order chi connectivity index (χ1) is 11.2. The fourth-order valence-electron chi connectivity index (χ4n) is 2.38. The van der Waals surface area contributed by atoms with Crippen LogP contribution >= 0.6 is 0 Å². The highest BCUT2D eigenvalue weighted by molar-refractivity contribution is 5.92. The average molecular weight is 303 g/mol. The van der Waals surface area contributed by atoms with Crippen molar-refractivity contribution in [2.75, 3.05) is 5.32 Å². The molecule has 3 nitrogen and oxygen atoms in total. The highest BCUT2D eigenvalue weighted by atomic mass is 16.3. The Morgan fingerprint density at radius 2 is 1.39 bits per heavy atom. The molecule has 0 bridgehead atoms. The quantitative estimate of drug-likeness (QED) is 0.708. The van der Waals surface area contributed by atoms with Crippen molar-refractivity contribution in [1.29, 1.82) is 0 Å². The number of aromatic hydroxyl groups is 1. The highest BCUT2D eigenvalue weighted by Gasteiger charge is 2.05. The van der Waals surface area contributed by atoms with Gasteiger partial charge >= 0.3 is 0 Å². The minimum Gasteiger partial charge on any atom is -0.508 e. The van der Waals surface area contributed by atoms with Gasteiger partial charge in [0.2, 0.25) is 5.91 Å². The van der Waals surface area contributed by atoms with E-state index < -0.39 is 0 Å². The lowest BCUT2D eigenvalue weighted by molar-refractivity contribution is -0.115. The van der Waals surface area contributed by atoms with Gasteiger partial charge in [0.1, 0.15) is 5.75 Å². The minimum absolute atomic E-state index is 0.0804. The van der Waals surface area contributed by atoms with Gasteiger partial charge in [0.15, 0.2) is 0 Å². The van der Waals surface area contributed by atoms with Crippen LogP contribution in [0.15, 0.2) is 78.9 Å². The van der Waals surface area contributed by atoms with Crippen LogP contribution in [0.25, 0.3) is 11.1 Å². The van der Waals surface area contributed by atoms with E-state index in [0.717, 1.165) is 16.7 Å². The van der Waals surface area contributed by atoms with Gasteiger partial charge in [-0.1, -0.05) is 54.6 Å². The maximum Gasteiger partial charge on any atom is 0.228 e. The Bertz CT molecular complexity index is 778. The summed E-state index contributed by atoms with van der Waals surface area (Å²) in [5, 5.41) is 12.0. The van der Waals surface area contributed by atoms with E-state index in [4.69, 9.17) is 0 Å². The lowest BCUT2D eigenvalue weighted by Crippen LogP contribution is -2.14. The van der Waals surface area contributed by atoms with Crippen LogP contribution in [0, 0.1) is 0 Å². The van der Waals surface area contributed by atoms with Crippen LogP contribution < -0.4 is 5.32 Å². The summed E-state index contributed by atoms with van der Waals surface area (Å²) in [6, 6.07) is 24.6. The zero-order chi connectivity index (χ0) is 16.1. The topological polar surface area (TPSA) is 49.3 Å². The molecule has 114 valence electrons. The third kappa shape index (κ3) is 3.98. The first-order valence-corrected chi connectivity index (χ1v) is 7.44. The SMILES string of the molecule is O=C(Cc1ccc(-c2ccccc2)cc1)Nc1ccc(O)cc1. The van der Waals surface area contributed by atoms with Crippen molar-refractivity contribution in [1.82, 2.24) is 0 Å². The molecule has 2 N–H and O–H groups in total. The molecule has 0 heterocycles. The molecule has 3 aromatic rings. The second-order valence-electron chi connectivity index (χ2n) is 5.33. The standard InChI is InChI=1S/C20H17NO2/c22-19-12-10-18(11-13-19)21-20(23)14-15-6-8-17(9-7-15)16-4-2-1-3-5-16/h1-13,22H,14H2,(H,21,23). The van der Waals surface area contributed by atoms with Crippen molar-refractivity contribution in [3.05, 3.63) is 84.4 Å². The summed E-state index contributed by atoms with van der Waals surface area (Å²) < 4.78 is 0. The molecular weight excluding hydrogens is 286 g/mol. The van der Waals surface area contributed by atoms with Gasteiger partial charge in [-0.05, 0) is 41.0 Å². The van der Waals surface area contributed by atoms with Gasteiger partial charge in [-0.25, -0.2) is 0 Å². The first kappa shape index (κ1) is 14.9. The number of hydrogen-bond donors (Lipinski definition) is 2. The summed E-state index contributed by atoms with van der Waals surface area (Å²) in [5.74, 6) is 0.0997. The van der Waals surface area contributed by atoms with Crippen molar-refractivity contribution in [3.63, 3.8) is 0 Å². The molecule has 0 radical (unpaired) electrons. The number of amides is 1. The van der Waals surface area contributed by atoms with Gasteiger partial charge in [-0.3, -0.25) is 4.79 Å². The summed E-state index contributed by atoms with van der Waals surface area (Å²) in [6.07, 6.45) is 0.315. The van der Waals surface area contributed by atoms with Crippen LogP contribution in [0.3, 0.4) is 0 Å². The summed E-state index contributed by atoms with van der Waals surface area (Å²) >= 11 is 0. The first-order valence-electron chi connectivity index (χ1n) is 7.44. The Morgan fingerprint density at radius 1 is 0.783 bits per heavy atom. The van der Waals surface area contributed by atoms with E-state index in [0.29, 0.717) is 12.1 Å². The molecule has 0 atom stereocenters. The van der Waals surface area contributed by atoms with Crippen LogP contribution in [-0.4, -0.2) is 11.0 Å². The Balaban J connectivity index is 1.64. The number of rotatable bonds is 4. The summed E-state index contributed by atoms with van der Waals surface area (Å²) in [6.45, 7) is 0. The van der Waals surface area contributed by atoms with Crippen molar-refractivity contribution in [2.45, 2.75) is 6.42 Å². The average Bonchev–Trinajstić information content (AvgIpc) is 2.58. The van der Waals surface area contributed by atoms with Gasteiger partial charge in [-0.15, -0.1) is 0 Å². The summed E-state index contributed by atoms with van der Waals surface area (Å²) in [7, 11) is 0. The van der Waals surface area contributed by atoms with E-state index in [2.05, 4.69) is 17.4 Å². The second kappa shape index (κ2) is 6.79. The van der Waals surface area contributed by atoms with E-state index in [1.54, 1.807) is 24.3 Å². The fourth-order valence-corrected chi connectivity index (χ4v) is 2.38. The van der Waals surface area contributed by atoms with Gasteiger partial charge in [0.05, 0.1) is 6.42 Å². The molecule has 23 heavy (non-hydrogen) atoms. The highest BCUT2D eigenvalue weighted by Crippen LogP contribution is 2.20. The smallest absolute Gasteiger partial charge is 0.228 e. The number of benzene rings is 3. The molecule has 0 aliphatic carbocycles. The Kier molecular flexibility index (Phi) is 4.39. The molecule has 0 aliphatic heterocycles. The van der Waals surface area contributed by atoms with Gasteiger partial charge in [0, 0.05) is 5.69 Å². The number of anilines is 1. The van der Waals surface area contributed by atoms with E-state index in [1.807, 2.05) is 42.5 Å². The number of hydrogen-bond acceptors (Lipinski definition) is 2. The molecule has 0 saturated carbocycles. The van der Waals surface area contributed by atoms with E-state index in [1.165, 1.54) is 0 Å². The van der Waals surface area contributed by atoms with Crippen molar-refractivity contribution >= 4 is 11.6 Å². The van der Waals surface area contributed by atoms with Gasteiger partial charge in [0.25, 0.3) is 0 Å². The third-order valence-electron chi connectivity index (χ3n) is 3.58. The lowest BCUT2D eigenvalue weighted by atomic mass is 10.0. The van der Waals surface area contributed by atoms with Crippen molar-refractivity contribution in [2.24, 2.45) is 0 Å². The molecule has 1 amide bonds. The third-order valence-corrected chi connectivity index (χ3v) is 3.58. The fraction of sp³-hybridized carbons (Fsp3) is 0.0500. The largest absolute Gasteiger partial charge is 0.508 e. The van der Waals surface area contributed by atoms with E-state index >= 15 is 0 Å².